The number of amides is 2. The van der Waals surface area contributed by atoms with Crippen molar-refractivity contribution in [1.82, 2.24) is 10.6 Å². The van der Waals surface area contributed by atoms with Gasteiger partial charge in [-0.2, -0.15) is 0 Å². The third kappa shape index (κ3) is 27.9. The van der Waals surface area contributed by atoms with Gasteiger partial charge in [0.05, 0.1) is 0 Å². The second kappa shape index (κ2) is 26.1. The van der Waals surface area contributed by atoms with E-state index in [0.717, 1.165) is 63.1 Å². The number of rotatable bonds is 29. The van der Waals surface area contributed by atoms with Gasteiger partial charge < -0.3 is 46.0 Å². The van der Waals surface area contributed by atoms with Gasteiger partial charge in [-0.05, 0) is 183 Å². The number of ether oxygens (including phenoxy) is 4. The van der Waals surface area contributed by atoms with Gasteiger partial charge in [0.15, 0.2) is 33.3 Å². The molecule has 2 rings (SSSR count). The molecular weight excluding hydrogens is 1010 g/mol. The molecule has 0 aromatic rings. The van der Waals surface area contributed by atoms with Gasteiger partial charge in [-0.1, -0.05) is 67.9 Å². The molecule has 0 aromatic carbocycles. The zero-order valence-electron chi connectivity index (χ0n) is 49.6. The Hall–Kier alpha value is -1.64. The Kier molecular flexibility index (Phi) is 24.1. The summed E-state index contributed by atoms with van der Waals surface area (Å²) in [5, 5.41) is 6.38. The maximum absolute atomic E-state index is 14.1. The highest BCUT2D eigenvalue weighted by Gasteiger charge is 2.46. The highest BCUT2D eigenvalue weighted by Crippen LogP contribution is 2.50. The minimum atomic E-state index is -2.65. The Morgan fingerprint density at radius 3 is 1.42 bits per heavy atom. The van der Waals surface area contributed by atoms with Crippen LogP contribution in [0.5, 0.6) is 0 Å². The van der Waals surface area contributed by atoms with Gasteiger partial charge in [-0.3, -0.25) is 4.79 Å². The summed E-state index contributed by atoms with van der Waals surface area (Å²) in [4.78, 5) is 52.5. The summed E-state index contributed by atoms with van der Waals surface area (Å²) in [5.41, 5.74) is -1.01. The smallest absolute Gasteiger partial charge is 0.407 e. The summed E-state index contributed by atoms with van der Waals surface area (Å²) in [5.74, 6) is -0.869. The van der Waals surface area contributed by atoms with Crippen LogP contribution in [0.15, 0.2) is 12.7 Å². The van der Waals surface area contributed by atoms with E-state index in [-0.39, 0.29) is 72.4 Å². The second-order valence-electron chi connectivity index (χ2n) is 28.8. The molecule has 0 aliphatic heterocycles. The minimum Gasteiger partial charge on any atom is -0.462 e. The molecule has 20 heteroatoms. The molecule has 2 fully saturated rings. The van der Waals surface area contributed by atoms with Gasteiger partial charge in [-0.25, -0.2) is 14.4 Å². The van der Waals surface area contributed by atoms with Gasteiger partial charge in [0, 0.05) is 30.5 Å². The fourth-order valence-corrected chi connectivity index (χ4v) is 37.7. The molecule has 0 bridgehead atoms. The van der Waals surface area contributed by atoms with Crippen LogP contribution >= 0.6 is 0 Å². The first-order chi connectivity index (χ1) is 32.4. The van der Waals surface area contributed by atoms with E-state index in [9.17, 15) is 19.2 Å². The molecule has 2 atom stereocenters. The monoisotopic (exact) mass is 1120 g/mol. The topological polar surface area (TPSA) is 166 Å². The summed E-state index contributed by atoms with van der Waals surface area (Å²) in [6.45, 7) is 50.4. The van der Waals surface area contributed by atoms with Crippen molar-refractivity contribution in [3.63, 3.8) is 0 Å². The Bertz CT molecular complexity index is 1690. The lowest BCUT2D eigenvalue weighted by molar-refractivity contribution is -0.151. The number of nitrogens with one attached hydrogen (secondary N) is 2. The predicted octanol–water partition coefficient (Wildman–Crippen LogP) is 13.6. The van der Waals surface area contributed by atoms with Gasteiger partial charge >= 0.3 is 41.2 Å². The first-order valence-electron chi connectivity index (χ1n) is 27.0. The van der Waals surface area contributed by atoms with E-state index in [1.807, 2.05) is 0 Å². The number of carbonyl (C=O) groups is 4. The van der Waals surface area contributed by atoms with Gasteiger partial charge in [0.25, 0.3) is 0 Å². The third-order valence-electron chi connectivity index (χ3n) is 13.1. The average Bonchev–Trinajstić information content (AvgIpc) is 3.11. The molecule has 14 nitrogen and oxygen atoms in total. The van der Waals surface area contributed by atoms with E-state index < -0.39 is 74.0 Å². The van der Waals surface area contributed by atoms with Crippen molar-refractivity contribution in [3.05, 3.63) is 12.7 Å². The van der Waals surface area contributed by atoms with E-state index in [4.69, 9.17) is 35.4 Å². The van der Waals surface area contributed by atoms with E-state index in [2.05, 4.69) is 157 Å². The highest BCUT2D eigenvalue weighted by molar-refractivity contribution is 6.88. The predicted molar refractivity (Wildman–Crippen MR) is 306 cm³/mol. The molecule has 72 heavy (non-hydrogen) atoms. The molecule has 0 spiro atoms. The van der Waals surface area contributed by atoms with Crippen LogP contribution in [0.2, 0.25) is 104 Å². The van der Waals surface area contributed by atoms with Gasteiger partial charge in [-0.15, -0.1) is 0 Å². The van der Waals surface area contributed by atoms with Crippen molar-refractivity contribution >= 4 is 74.5 Å². The van der Waals surface area contributed by atoms with Crippen LogP contribution in [0, 0.1) is 33.0 Å². The van der Waals surface area contributed by atoms with Crippen LogP contribution in [-0.2, 0) is 45.0 Å². The Labute approximate surface area is 445 Å². The van der Waals surface area contributed by atoms with Crippen molar-refractivity contribution in [1.29, 1.82) is 0 Å². The molecule has 0 saturated heterocycles. The molecule has 2 aliphatic carbocycles. The van der Waals surface area contributed by atoms with E-state index in [1.165, 1.54) is 0 Å². The fraction of sp³-hybridized carbons (Fsp3) is 0.885. The lowest BCUT2D eigenvalue weighted by atomic mass is 9.60. The van der Waals surface area contributed by atoms with E-state index in [1.54, 1.807) is 0 Å². The molecule has 420 valence electrons. The highest BCUT2D eigenvalue weighted by atomic mass is 28.5. The molecule has 2 saturated carbocycles. The summed E-state index contributed by atoms with van der Waals surface area (Å²) in [6, 6.07) is 1.48. The number of hydrogen-bond acceptors (Lipinski definition) is 12. The van der Waals surface area contributed by atoms with Crippen molar-refractivity contribution in [2.24, 2.45) is 33.0 Å². The Morgan fingerprint density at radius 1 is 0.569 bits per heavy atom. The lowest BCUT2D eigenvalue weighted by Crippen LogP contribution is -2.53. The molecular formula is C52H106N2O12Si6. The lowest BCUT2D eigenvalue weighted by Gasteiger charge is -2.46. The van der Waals surface area contributed by atoms with Crippen LogP contribution in [0.4, 0.5) is 9.59 Å². The van der Waals surface area contributed by atoms with Crippen molar-refractivity contribution in [2.45, 2.75) is 229 Å². The average molecular weight is 1120 g/mol. The molecule has 2 aliphatic rings. The quantitative estimate of drug-likeness (QED) is 0.0240. The van der Waals surface area contributed by atoms with Crippen LogP contribution in [0.1, 0.15) is 119 Å². The van der Waals surface area contributed by atoms with Crippen LogP contribution in [-0.4, -0.2) is 114 Å². The molecule has 0 heterocycles. The minimum absolute atomic E-state index is 0.0207. The van der Waals surface area contributed by atoms with Gasteiger partial charge in [0.2, 0.25) is 0 Å². The Morgan fingerprint density at radius 2 is 0.986 bits per heavy atom. The normalized spacial score (nSPS) is 21.0. The fourth-order valence-electron chi connectivity index (χ4n) is 12.6. The summed E-state index contributed by atoms with van der Waals surface area (Å²) in [7, 11) is -13.3. The summed E-state index contributed by atoms with van der Waals surface area (Å²) >= 11 is 0. The molecule has 2 N–H and O–H groups in total. The Balaban J connectivity index is 2.51. The molecule has 0 aromatic heterocycles. The number of esters is 2. The third-order valence-corrected chi connectivity index (χ3v) is 32.3. The maximum atomic E-state index is 14.1. The van der Waals surface area contributed by atoms with E-state index in [0.29, 0.717) is 25.8 Å². The van der Waals surface area contributed by atoms with Crippen LogP contribution in [0.3, 0.4) is 0 Å². The van der Waals surface area contributed by atoms with Gasteiger partial charge in [0.1, 0.15) is 26.4 Å². The van der Waals surface area contributed by atoms with Crippen molar-refractivity contribution in [3.8, 4) is 0 Å². The zero-order valence-corrected chi connectivity index (χ0v) is 55.6. The molecule has 0 radical (unpaired) electrons. The first kappa shape index (κ1) is 66.5. The number of alkyl carbamates (subject to hydrolysis) is 2. The largest absolute Gasteiger partial charge is 0.462 e. The van der Waals surface area contributed by atoms with Crippen molar-refractivity contribution < 1.29 is 54.6 Å². The summed E-state index contributed by atoms with van der Waals surface area (Å²) in [6.07, 6.45) is 8.23. The van der Waals surface area contributed by atoms with Crippen molar-refractivity contribution in [2.75, 3.05) is 33.0 Å². The zero-order chi connectivity index (χ0) is 55.5. The summed E-state index contributed by atoms with van der Waals surface area (Å²) < 4.78 is 50.9. The first-order valence-corrected chi connectivity index (χ1v) is 45.6. The SMILES string of the molecule is C=CC(=O)OCCOC(=O)CC1CC(C)(C)CC(C)(CNC(=O)OCC(CCC[Si](C)(O[Si](C)(C)C)O[Si](C)(C)C)(CCC[Si](C)(O[Si](C)(C)C)O[Si](C)(C)C)COC(=O)NC2CC(C)(C)CC(C)(C)C2)C1. The molecule has 2 amide bonds. The van der Waals surface area contributed by atoms with Crippen LogP contribution in [0.25, 0.3) is 0 Å². The standard InChI is InChI=1S/C52H106N2O12Si6/c1-23-44(55)59-28-29-60-45(56)32-42-33-48(2,3)38-51(8,34-42)39-53-46(57)61-40-52(26-24-30-71(21,63-67(9,10)11)64-68(12,13)14,27-25-31-72(22,65-69(15,16)17)66-70(18,19)20)41-62-47(58)54-43-35-49(4,5)37-50(6,7)36-43/h23,42-43H,1,24-41H2,2-22H3,(H,53,57)(H,54,58). The van der Waals surface area contributed by atoms with E-state index >= 15 is 0 Å². The van der Waals surface area contributed by atoms with Crippen LogP contribution < -0.4 is 10.6 Å². The maximum Gasteiger partial charge on any atom is 0.407 e. The molecule has 2 unspecified atom stereocenters. The number of hydrogen-bond donors (Lipinski definition) is 2. The second-order valence-corrected chi connectivity index (χ2v) is 54.5. The number of carbonyl (C=O) groups excluding carboxylic acids is 4.